The Morgan fingerprint density at radius 1 is 1.29 bits per heavy atom. The first-order valence-electron chi connectivity index (χ1n) is 8.00. The molecule has 2 aliphatic rings. The highest BCUT2D eigenvalue weighted by molar-refractivity contribution is 5.41. The molecule has 116 valence electrons. The van der Waals surface area contributed by atoms with E-state index in [0.717, 1.165) is 25.3 Å². The third-order valence-corrected chi connectivity index (χ3v) is 4.88. The zero-order valence-electron chi connectivity index (χ0n) is 13.4. The molecule has 0 amide bonds. The summed E-state index contributed by atoms with van der Waals surface area (Å²) in [5.41, 5.74) is 2.74. The van der Waals surface area contributed by atoms with E-state index in [2.05, 4.69) is 54.5 Å². The SMILES string of the molecule is CNC(c1ccc2c(c1)CCO2)C1CN(C)CCCN1C. The van der Waals surface area contributed by atoms with E-state index in [0.29, 0.717) is 12.1 Å². The average Bonchev–Trinajstić information content (AvgIpc) is 2.87. The summed E-state index contributed by atoms with van der Waals surface area (Å²) in [6, 6.07) is 7.57. The molecule has 0 aliphatic carbocycles. The van der Waals surface area contributed by atoms with Crippen molar-refractivity contribution in [3.05, 3.63) is 29.3 Å². The summed E-state index contributed by atoms with van der Waals surface area (Å²) in [7, 11) is 6.56. The Kier molecular flexibility index (Phi) is 4.48. The molecular formula is C17H27N3O. The molecule has 3 rings (SSSR count). The van der Waals surface area contributed by atoms with Gasteiger partial charge < -0.3 is 19.9 Å². The Balaban J connectivity index is 1.86. The summed E-state index contributed by atoms with van der Waals surface area (Å²) in [5, 5.41) is 3.55. The Bertz CT molecular complexity index is 491. The van der Waals surface area contributed by atoms with E-state index in [-0.39, 0.29) is 0 Å². The first-order valence-corrected chi connectivity index (χ1v) is 8.00. The zero-order valence-corrected chi connectivity index (χ0v) is 13.4. The van der Waals surface area contributed by atoms with Gasteiger partial charge in [0.25, 0.3) is 0 Å². The highest BCUT2D eigenvalue weighted by Crippen LogP contribution is 2.30. The molecule has 0 aromatic heterocycles. The fraction of sp³-hybridized carbons (Fsp3) is 0.647. The lowest BCUT2D eigenvalue weighted by atomic mass is 9.95. The smallest absolute Gasteiger partial charge is 0.122 e. The maximum Gasteiger partial charge on any atom is 0.122 e. The van der Waals surface area contributed by atoms with Crippen LogP contribution in [0.5, 0.6) is 5.75 Å². The molecule has 21 heavy (non-hydrogen) atoms. The van der Waals surface area contributed by atoms with E-state index in [1.807, 2.05) is 0 Å². The second-order valence-corrected chi connectivity index (χ2v) is 6.40. The van der Waals surface area contributed by atoms with Crippen molar-refractivity contribution in [1.29, 1.82) is 0 Å². The maximum absolute atomic E-state index is 5.63. The van der Waals surface area contributed by atoms with Gasteiger partial charge >= 0.3 is 0 Å². The van der Waals surface area contributed by atoms with Crippen LogP contribution in [0.4, 0.5) is 0 Å². The Morgan fingerprint density at radius 3 is 2.95 bits per heavy atom. The third kappa shape index (κ3) is 3.07. The minimum absolute atomic E-state index is 0.362. The number of fused-ring (bicyclic) bond motifs is 1. The van der Waals surface area contributed by atoms with Crippen molar-refractivity contribution < 1.29 is 4.74 Å². The van der Waals surface area contributed by atoms with Gasteiger partial charge in [-0.05, 0) is 57.8 Å². The average molecular weight is 289 g/mol. The number of likely N-dealkylation sites (N-methyl/N-ethyl adjacent to an activating group) is 3. The van der Waals surface area contributed by atoms with Gasteiger partial charge in [-0.3, -0.25) is 0 Å². The minimum atomic E-state index is 0.362. The van der Waals surface area contributed by atoms with Crippen molar-refractivity contribution in [3.63, 3.8) is 0 Å². The van der Waals surface area contributed by atoms with E-state index in [9.17, 15) is 0 Å². The van der Waals surface area contributed by atoms with Crippen LogP contribution in [0.3, 0.4) is 0 Å². The Labute approximate surface area is 128 Å². The molecule has 1 saturated heterocycles. The van der Waals surface area contributed by atoms with Crippen molar-refractivity contribution in [3.8, 4) is 5.75 Å². The first kappa shape index (κ1) is 14.8. The molecule has 1 N–H and O–H groups in total. The molecule has 0 saturated carbocycles. The molecule has 4 nitrogen and oxygen atoms in total. The lowest BCUT2D eigenvalue weighted by Crippen LogP contribution is -2.46. The molecule has 1 fully saturated rings. The van der Waals surface area contributed by atoms with Crippen LogP contribution < -0.4 is 10.1 Å². The summed E-state index contributed by atoms with van der Waals surface area (Å²) in [6.07, 6.45) is 2.29. The molecule has 1 aromatic rings. The van der Waals surface area contributed by atoms with E-state index < -0.39 is 0 Å². The molecule has 2 aliphatic heterocycles. The van der Waals surface area contributed by atoms with Crippen LogP contribution in [0, 0.1) is 0 Å². The van der Waals surface area contributed by atoms with Gasteiger partial charge in [0, 0.05) is 25.0 Å². The second-order valence-electron chi connectivity index (χ2n) is 6.40. The van der Waals surface area contributed by atoms with Crippen LogP contribution in [-0.2, 0) is 6.42 Å². The van der Waals surface area contributed by atoms with Crippen LogP contribution in [-0.4, -0.2) is 63.2 Å². The van der Waals surface area contributed by atoms with Gasteiger partial charge in [-0.15, -0.1) is 0 Å². The first-order chi connectivity index (χ1) is 10.2. The Morgan fingerprint density at radius 2 is 2.14 bits per heavy atom. The summed E-state index contributed by atoms with van der Waals surface area (Å²) in [4.78, 5) is 4.96. The molecule has 2 atom stereocenters. The van der Waals surface area contributed by atoms with Gasteiger partial charge in [0.2, 0.25) is 0 Å². The predicted molar refractivity (Wildman–Crippen MR) is 86.0 cm³/mol. The van der Waals surface area contributed by atoms with Gasteiger partial charge in [-0.1, -0.05) is 12.1 Å². The molecular weight excluding hydrogens is 262 g/mol. The van der Waals surface area contributed by atoms with Gasteiger partial charge in [-0.25, -0.2) is 0 Å². The lowest BCUT2D eigenvalue weighted by Gasteiger charge is -2.34. The molecule has 2 heterocycles. The van der Waals surface area contributed by atoms with Crippen molar-refractivity contribution in [2.45, 2.75) is 24.9 Å². The van der Waals surface area contributed by atoms with Gasteiger partial charge in [-0.2, -0.15) is 0 Å². The van der Waals surface area contributed by atoms with E-state index >= 15 is 0 Å². The lowest BCUT2D eigenvalue weighted by molar-refractivity contribution is 0.182. The van der Waals surface area contributed by atoms with Crippen molar-refractivity contribution in [1.82, 2.24) is 15.1 Å². The van der Waals surface area contributed by atoms with E-state index in [4.69, 9.17) is 4.74 Å². The number of hydrogen-bond donors (Lipinski definition) is 1. The number of ether oxygens (including phenoxy) is 1. The summed E-state index contributed by atoms with van der Waals surface area (Å²) >= 11 is 0. The van der Waals surface area contributed by atoms with Crippen LogP contribution in [0.2, 0.25) is 0 Å². The molecule has 0 spiro atoms. The fourth-order valence-electron chi connectivity index (χ4n) is 3.65. The number of rotatable bonds is 3. The normalized spacial score (nSPS) is 25.2. The second kappa shape index (κ2) is 6.34. The van der Waals surface area contributed by atoms with E-state index in [1.54, 1.807) is 0 Å². The summed E-state index contributed by atoms with van der Waals surface area (Å²) < 4.78 is 5.63. The largest absolute Gasteiger partial charge is 0.493 e. The number of nitrogens with one attached hydrogen (secondary N) is 1. The minimum Gasteiger partial charge on any atom is -0.493 e. The highest BCUT2D eigenvalue weighted by Gasteiger charge is 2.29. The monoisotopic (exact) mass is 289 g/mol. The maximum atomic E-state index is 5.63. The standard InChI is InChI=1S/C17H27N3O/c1-18-17(15-12-19(2)8-4-9-20(15)3)14-5-6-16-13(11-14)7-10-21-16/h5-6,11,15,17-18H,4,7-10,12H2,1-3H3. The van der Waals surface area contributed by atoms with Gasteiger partial charge in [0.15, 0.2) is 0 Å². The molecule has 0 radical (unpaired) electrons. The van der Waals surface area contributed by atoms with Crippen molar-refractivity contribution in [2.24, 2.45) is 0 Å². The van der Waals surface area contributed by atoms with Crippen LogP contribution in [0.25, 0.3) is 0 Å². The fourth-order valence-corrected chi connectivity index (χ4v) is 3.65. The molecule has 2 unspecified atom stereocenters. The van der Waals surface area contributed by atoms with Crippen LogP contribution in [0.15, 0.2) is 18.2 Å². The van der Waals surface area contributed by atoms with Gasteiger partial charge in [0.05, 0.1) is 6.61 Å². The molecule has 1 aromatic carbocycles. The predicted octanol–water partition coefficient (Wildman–Crippen LogP) is 1.52. The zero-order chi connectivity index (χ0) is 14.8. The highest BCUT2D eigenvalue weighted by atomic mass is 16.5. The van der Waals surface area contributed by atoms with E-state index in [1.165, 1.54) is 30.6 Å². The van der Waals surface area contributed by atoms with Gasteiger partial charge in [0.1, 0.15) is 5.75 Å². The number of hydrogen-bond acceptors (Lipinski definition) is 4. The summed E-state index contributed by atoms with van der Waals surface area (Å²) in [5.74, 6) is 1.07. The van der Waals surface area contributed by atoms with Crippen LogP contribution in [0.1, 0.15) is 23.6 Å². The third-order valence-electron chi connectivity index (χ3n) is 4.88. The quantitative estimate of drug-likeness (QED) is 0.913. The topological polar surface area (TPSA) is 27.7 Å². The van der Waals surface area contributed by atoms with Crippen LogP contribution >= 0.6 is 0 Å². The number of benzene rings is 1. The molecule has 0 bridgehead atoms. The molecule has 4 heteroatoms. The summed E-state index contributed by atoms with van der Waals surface area (Å²) in [6.45, 7) is 4.29. The van der Waals surface area contributed by atoms with Crippen molar-refractivity contribution in [2.75, 3.05) is 47.4 Å². The van der Waals surface area contributed by atoms with Crippen molar-refractivity contribution >= 4 is 0 Å². The Hall–Kier alpha value is -1.10. The number of nitrogens with zero attached hydrogens (tertiary/aromatic N) is 2.